The predicted octanol–water partition coefficient (Wildman–Crippen LogP) is 2.72. The molecule has 0 aliphatic carbocycles. The summed E-state index contributed by atoms with van der Waals surface area (Å²) in [5.41, 5.74) is 4.05. The van der Waals surface area contributed by atoms with Crippen LogP contribution in [-0.2, 0) is 11.3 Å². The summed E-state index contributed by atoms with van der Waals surface area (Å²) in [6.07, 6.45) is 0. The minimum Gasteiger partial charge on any atom is -0.486 e. The van der Waals surface area contributed by atoms with Crippen molar-refractivity contribution < 1.29 is 14.3 Å². The molecule has 0 spiro atoms. The van der Waals surface area contributed by atoms with Crippen molar-refractivity contribution in [2.45, 2.75) is 13.5 Å². The highest BCUT2D eigenvalue weighted by molar-refractivity contribution is 6.03. The number of hydrogen-bond acceptors (Lipinski definition) is 4. The van der Waals surface area contributed by atoms with Gasteiger partial charge in [0.1, 0.15) is 13.2 Å². The van der Waals surface area contributed by atoms with Gasteiger partial charge in [-0.1, -0.05) is 29.8 Å². The van der Waals surface area contributed by atoms with Crippen LogP contribution in [0.1, 0.15) is 11.1 Å². The second kappa shape index (κ2) is 5.50. The van der Waals surface area contributed by atoms with E-state index >= 15 is 0 Å². The molecule has 2 aliphatic rings. The number of amides is 1. The van der Waals surface area contributed by atoms with Gasteiger partial charge in [0, 0.05) is 12.1 Å². The molecule has 1 amide bonds. The Hall–Kier alpha value is -2.69. The molecule has 2 aromatic rings. The fourth-order valence-corrected chi connectivity index (χ4v) is 2.89. The number of nitrogens with zero attached hydrogens (tertiary/aromatic N) is 1. The van der Waals surface area contributed by atoms with Gasteiger partial charge in [-0.15, -0.1) is 0 Å². The fraction of sp³-hybridized carbons (Fsp3) is 0.278. The Kier molecular flexibility index (Phi) is 3.33. The lowest BCUT2D eigenvalue weighted by molar-refractivity contribution is -0.117. The van der Waals surface area contributed by atoms with Crippen LogP contribution in [0.25, 0.3) is 0 Å². The van der Waals surface area contributed by atoms with E-state index < -0.39 is 0 Å². The van der Waals surface area contributed by atoms with Gasteiger partial charge in [0.05, 0.1) is 24.5 Å². The SMILES string of the molecule is Cc1ccc(CN2C(=O)CNc3cc4c(cc32)OCCO4)cc1. The highest BCUT2D eigenvalue weighted by atomic mass is 16.6. The molecule has 118 valence electrons. The van der Waals surface area contributed by atoms with Crippen molar-refractivity contribution in [1.82, 2.24) is 0 Å². The maximum absolute atomic E-state index is 12.4. The molecule has 0 saturated carbocycles. The number of rotatable bonds is 2. The van der Waals surface area contributed by atoms with Gasteiger partial charge in [-0.05, 0) is 12.5 Å². The summed E-state index contributed by atoms with van der Waals surface area (Å²) in [7, 11) is 0. The van der Waals surface area contributed by atoms with Crippen molar-refractivity contribution in [1.29, 1.82) is 0 Å². The summed E-state index contributed by atoms with van der Waals surface area (Å²) < 4.78 is 11.3. The summed E-state index contributed by atoms with van der Waals surface area (Å²) in [6, 6.07) is 12.0. The number of aryl methyl sites for hydroxylation is 1. The van der Waals surface area contributed by atoms with Crippen LogP contribution in [-0.4, -0.2) is 25.7 Å². The van der Waals surface area contributed by atoms with E-state index in [0.29, 0.717) is 32.1 Å². The van der Waals surface area contributed by atoms with Crippen LogP contribution in [0, 0.1) is 6.92 Å². The number of ether oxygens (including phenoxy) is 2. The third kappa shape index (κ3) is 2.59. The first-order valence-corrected chi connectivity index (χ1v) is 7.74. The Labute approximate surface area is 134 Å². The largest absolute Gasteiger partial charge is 0.486 e. The van der Waals surface area contributed by atoms with E-state index in [1.54, 1.807) is 4.90 Å². The van der Waals surface area contributed by atoms with Gasteiger partial charge in [0.2, 0.25) is 5.91 Å². The smallest absolute Gasteiger partial charge is 0.246 e. The molecule has 5 nitrogen and oxygen atoms in total. The fourth-order valence-electron chi connectivity index (χ4n) is 2.89. The highest BCUT2D eigenvalue weighted by Crippen LogP contribution is 2.41. The van der Waals surface area contributed by atoms with Gasteiger partial charge in [-0.25, -0.2) is 0 Å². The number of fused-ring (bicyclic) bond motifs is 2. The van der Waals surface area contributed by atoms with Crippen LogP contribution >= 0.6 is 0 Å². The lowest BCUT2D eigenvalue weighted by atomic mass is 10.1. The standard InChI is InChI=1S/C18H18N2O3/c1-12-2-4-13(5-3-12)11-20-15-9-17-16(22-6-7-23-17)8-14(15)19-10-18(20)21/h2-5,8-9,19H,6-7,10-11H2,1H3. The van der Waals surface area contributed by atoms with Crippen LogP contribution < -0.4 is 19.7 Å². The molecular weight excluding hydrogens is 292 g/mol. The minimum atomic E-state index is 0.0507. The molecule has 0 aromatic heterocycles. The van der Waals surface area contributed by atoms with Gasteiger partial charge in [-0.3, -0.25) is 4.79 Å². The number of carbonyl (C=O) groups excluding carboxylic acids is 1. The van der Waals surface area contributed by atoms with Crippen LogP contribution in [0.3, 0.4) is 0 Å². The van der Waals surface area contributed by atoms with Gasteiger partial charge in [0.15, 0.2) is 11.5 Å². The van der Waals surface area contributed by atoms with Gasteiger partial charge < -0.3 is 19.7 Å². The van der Waals surface area contributed by atoms with E-state index in [1.807, 2.05) is 12.1 Å². The third-order valence-corrected chi connectivity index (χ3v) is 4.14. The average molecular weight is 310 g/mol. The Balaban J connectivity index is 1.70. The number of nitrogens with one attached hydrogen (secondary N) is 1. The van der Waals surface area contributed by atoms with E-state index in [2.05, 4.69) is 36.5 Å². The highest BCUT2D eigenvalue weighted by Gasteiger charge is 2.27. The Bertz CT molecular complexity index is 756. The average Bonchev–Trinajstić information content (AvgIpc) is 2.58. The zero-order chi connectivity index (χ0) is 15.8. The first-order chi connectivity index (χ1) is 11.2. The zero-order valence-electron chi connectivity index (χ0n) is 13.0. The lowest BCUT2D eigenvalue weighted by Gasteiger charge is -2.32. The van der Waals surface area contributed by atoms with Crippen LogP contribution in [0.15, 0.2) is 36.4 Å². The monoisotopic (exact) mass is 310 g/mol. The Morgan fingerprint density at radius 2 is 1.78 bits per heavy atom. The lowest BCUT2D eigenvalue weighted by Crippen LogP contribution is -2.39. The molecule has 0 atom stereocenters. The number of benzene rings is 2. The minimum absolute atomic E-state index is 0.0507. The third-order valence-electron chi connectivity index (χ3n) is 4.14. The van der Waals surface area contributed by atoms with Crippen molar-refractivity contribution >= 4 is 17.3 Å². The van der Waals surface area contributed by atoms with E-state index in [4.69, 9.17) is 9.47 Å². The van der Waals surface area contributed by atoms with E-state index in [-0.39, 0.29) is 5.91 Å². The number of carbonyl (C=O) groups is 1. The number of anilines is 2. The van der Waals surface area contributed by atoms with Gasteiger partial charge >= 0.3 is 0 Å². The maximum Gasteiger partial charge on any atom is 0.246 e. The zero-order valence-corrected chi connectivity index (χ0v) is 13.0. The van der Waals surface area contributed by atoms with Gasteiger partial charge in [0.25, 0.3) is 0 Å². The topological polar surface area (TPSA) is 50.8 Å². The van der Waals surface area contributed by atoms with Crippen molar-refractivity contribution in [3.63, 3.8) is 0 Å². The van der Waals surface area contributed by atoms with Crippen molar-refractivity contribution in [3.05, 3.63) is 47.5 Å². The summed E-state index contributed by atoms with van der Waals surface area (Å²) in [4.78, 5) is 14.2. The first-order valence-electron chi connectivity index (χ1n) is 7.74. The molecule has 0 saturated heterocycles. The van der Waals surface area contributed by atoms with Crippen molar-refractivity contribution in [2.24, 2.45) is 0 Å². The second-order valence-corrected chi connectivity index (χ2v) is 5.83. The van der Waals surface area contributed by atoms with E-state index in [9.17, 15) is 4.79 Å². The Morgan fingerprint density at radius 3 is 2.52 bits per heavy atom. The van der Waals surface area contributed by atoms with Crippen molar-refractivity contribution in [3.8, 4) is 11.5 Å². The summed E-state index contributed by atoms with van der Waals surface area (Å²) in [5.74, 6) is 1.47. The number of hydrogen-bond donors (Lipinski definition) is 1. The molecule has 0 radical (unpaired) electrons. The molecule has 1 N–H and O–H groups in total. The molecule has 0 bridgehead atoms. The quantitative estimate of drug-likeness (QED) is 0.926. The predicted molar refractivity (Wildman–Crippen MR) is 88.3 cm³/mol. The molecule has 23 heavy (non-hydrogen) atoms. The second-order valence-electron chi connectivity index (χ2n) is 5.83. The molecule has 2 aliphatic heterocycles. The van der Waals surface area contributed by atoms with Gasteiger partial charge in [-0.2, -0.15) is 0 Å². The summed E-state index contributed by atoms with van der Waals surface area (Å²) in [5, 5.41) is 3.16. The normalized spacial score (nSPS) is 15.9. The molecule has 2 heterocycles. The van der Waals surface area contributed by atoms with Crippen LogP contribution in [0.4, 0.5) is 11.4 Å². The molecule has 0 unspecified atom stereocenters. The Morgan fingerprint density at radius 1 is 1.09 bits per heavy atom. The molecule has 2 aromatic carbocycles. The summed E-state index contributed by atoms with van der Waals surface area (Å²) in [6.45, 7) is 3.98. The maximum atomic E-state index is 12.4. The molecular formula is C18H18N2O3. The molecule has 4 rings (SSSR count). The first kappa shape index (κ1) is 13.9. The van der Waals surface area contributed by atoms with Crippen LogP contribution in [0.2, 0.25) is 0 Å². The van der Waals surface area contributed by atoms with E-state index in [1.165, 1.54) is 5.56 Å². The molecule has 5 heteroatoms. The van der Waals surface area contributed by atoms with Crippen LogP contribution in [0.5, 0.6) is 11.5 Å². The molecule has 0 fully saturated rings. The van der Waals surface area contributed by atoms with E-state index in [0.717, 1.165) is 22.7 Å². The summed E-state index contributed by atoms with van der Waals surface area (Å²) >= 11 is 0. The van der Waals surface area contributed by atoms with Crippen molar-refractivity contribution in [2.75, 3.05) is 30.0 Å².